The summed E-state index contributed by atoms with van der Waals surface area (Å²) in [7, 11) is 0. The topological polar surface area (TPSA) is 59.6 Å². The van der Waals surface area contributed by atoms with E-state index >= 15 is 0 Å². The van der Waals surface area contributed by atoms with Gasteiger partial charge in [0, 0.05) is 5.69 Å². The number of halogens is 1. The van der Waals surface area contributed by atoms with E-state index in [1.54, 1.807) is 0 Å². The standard InChI is InChI=1S/C19H25N3O.HI/c1-13(2)23-18-9-7-17(8-10-18)22-19(20)21-12-16-6-5-14(3)11-15(16)4;/h5-11,13H,12H2,1-4H3,(H3,20,21,22);1H. The zero-order chi connectivity index (χ0) is 16.8. The van der Waals surface area contributed by atoms with E-state index in [2.05, 4.69) is 42.4 Å². The number of hydrogen-bond acceptors (Lipinski definition) is 2. The number of hydrogen-bond donors (Lipinski definition) is 2. The number of rotatable bonds is 5. The summed E-state index contributed by atoms with van der Waals surface area (Å²) in [5.74, 6) is 1.25. The summed E-state index contributed by atoms with van der Waals surface area (Å²) < 4.78 is 5.61. The Morgan fingerprint density at radius 2 is 1.79 bits per heavy atom. The monoisotopic (exact) mass is 439 g/mol. The third-order valence-corrected chi connectivity index (χ3v) is 3.42. The second kappa shape index (κ2) is 9.52. The van der Waals surface area contributed by atoms with Crippen LogP contribution in [0.15, 0.2) is 47.5 Å². The molecule has 0 saturated heterocycles. The van der Waals surface area contributed by atoms with Crippen molar-refractivity contribution in [3.05, 3.63) is 59.2 Å². The molecule has 0 aromatic heterocycles. The van der Waals surface area contributed by atoms with E-state index < -0.39 is 0 Å². The first-order valence-corrected chi connectivity index (χ1v) is 7.84. The molecule has 5 heteroatoms. The molecule has 3 N–H and O–H groups in total. The van der Waals surface area contributed by atoms with Gasteiger partial charge in [0.1, 0.15) is 5.75 Å². The van der Waals surface area contributed by atoms with Gasteiger partial charge in [-0.2, -0.15) is 0 Å². The van der Waals surface area contributed by atoms with Crippen molar-refractivity contribution in [2.24, 2.45) is 10.7 Å². The van der Waals surface area contributed by atoms with Gasteiger partial charge >= 0.3 is 0 Å². The van der Waals surface area contributed by atoms with Crippen LogP contribution in [0.4, 0.5) is 5.69 Å². The molecule has 2 rings (SSSR count). The molecule has 0 bridgehead atoms. The number of anilines is 1. The minimum atomic E-state index is 0. The quantitative estimate of drug-likeness (QED) is 0.406. The van der Waals surface area contributed by atoms with E-state index in [1.807, 2.05) is 38.1 Å². The molecule has 4 nitrogen and oxygen atoms in total. The Morgan fingerprint density at radius 1 is 1.12 bits per heavy atom. The number of aryl methyl sites for hydroxylation is 2. The van der Waals surface area contributed by atoms with E-state index in [4.69, 9.17) is 10.5 Å². The van der Waals surface area contributed by atoms with Gasteiger partial charge in [-0.15, -0.1) is 24.0 Å². The Hall–Kier alpha value is -1.76. The number of nitrogens with two attached hydrogens (primary N) is 1. The van der Waals surface area contributed by atoms with Crippen LogP contribution in [0.1, 0.15) is 30.5 Å². The number of benzene rings is 2. The zero-order valence-corrected chi connectivity index (χ0v) is 17.0. The molecule has 0 saturated carbocycles. The highest BCUT2D eigenvalue weighted by molar-refractivity contribution is 14.0. The lowest BCUT2D eigenvalue weighted by molar-refractivity contribution is 0.242. The first-order chi connectivity index (χ1) is 10.9. The Labute approximate surface area is 161 Å². The Bertz CT molecular complexity index is 682. The highest BCUT2D eigenvalue weighted by Gasteiger charge is 2.01. The van der Waals surface area contributed by atoms with Crippen molar-refractivity contribution in [3.8, 4) is 5.75 Å². The number of guanidine groups is 1. The van der Waals surface area contributed by atoms with Crippen LogP contribution >= 0.6 is 24.0 Å². The summed E-state index contributed by atoms with van der Waals surface area (Å²) in [6.45, 7) is 8.75. The molecule has 130 valence electrons. The Morgan fingerprint density at radius 3 is 2.38 bits per heavy atom. The van der Waals surface area contributed by atoms with Crippen LogP contribution in [0.25, 0.3) is 0 Å². The van der Waals surface area contributed by atoms with Crippen LogP contribution in [-0.4, -0.2) is 12.1 Å². The fraction of sp³-hybridized carbons (Fsp3) is 0.316. The van der Waals surface area contributed by atoms with Gasteiger partial charge < -0.3 is 15.8 Å². The molecule has 0 fully saturated rings. The molecule has 24 heavy (non-hydrogen) atoms. The van der Waals surface area contributed by atoms with Gasteiger partial charge in [-0.05, 0) is 63.1 Å². The molecule has 0 atom stereocenters. The van der Waals surface area contributed by atoms with E-state index in [1.165, 1.54) is 16.7 Å². The normalized spacial score (nSPS) is 11.1. The highest BCUT2D eigenvalue weighted by Crippen LogP contribution is 2.17. The molecule has 0 radical (unpaired) electrons. The average Bonchev–Trinajstić information content (AvgIpc) is 2.48. The fourth-order valence-electron chi connectivity index (χ4n) is 2.27. The van der Waals surface area contributed by atoms with Crippen molar-refractivity contribution in [2.45, 2.75) is 40.3 Å². The third-order valence-electron chi connectivity index (χ3n) is 3.42. The summed E-state index contributed by atoms with van der Waals surface area (Å²) in [6.07, 6.45) is 0.165. The molecule has 2 aromatic rings. The predicted molar refractivity (Wildman–Crippen MR) is 112 cm³/mol. The van der Waals surface area contributed by atoms with Crippen molar-refractivity contribution < 1.29 is 4.74 Å². The summed E-state index contributed by atoms with van der Waals surface area (Å²) in [6, 6.07) is 14.0. The van der Waals surface area contributed by atoms with Crippen LogP contribution in [-0.2, 0) is 6.54 Å². The molecule has 0 unspecified atom stereocenters. The van der Waals surface area contributed by atoms with Gasteiger partial charge in [-0.1, -0.05) is 23.8 Å². The molecule has 0 heterocycles. The number of nitrogens with one attached hydrogen (secondary N) is 1. The molecule has 0 amide bonds. The minimum Gasteiger partial charge on any atom is -0.491 e. The van der Waals surface area contributed by atoms with Crippen LogP contribution in [0.5, 0.6) is 5.75 Å². The average molecular weight is 439 g/mol. The van der Waals surface area contributed by atoms with Crippen molar-refractivity contribution in [1.82, 2.24) is 0 Å². The molecule has 0 aliphatic heterocycles. The smallest absolute Gasteiger partial charge is 0.193 e. The molecule has 0 spiro atoms. The van der Waals surface area contributed by atoms with Gasteiger partial charge in [0.2, 0.25) is 0 Å². The van der Waals surface area contributed by atoms with Gasteiger partial charge in [0.05, 0.1) is 12.6 Å². The van der Waals surface area contributed by atoms with E-state index in [-0.39, 0.29) is 30.1 Å². The predicted octanol–water partition coefficient (Wildman–Crippen LogP) is 4.64. The molecule has 0 aliphatic rings. The number of aliphatic imine (C=N–C) groups is 1. The van der Waals surface area contributed by atoms with Crippen molar-refractivity contribution in [1.29, 1.82) is 0 Å². The number of nitrogens with zero attached hydrogens (tertiary/aromatic N) is 1. The van der Waals surface area contributed by atoms with Crippen LogP contribution < -0.4 is 15.8 Å². The molecular formula is C19H26IN3O. The van der Waals surface area contributed by atoms with Crippen LogP contribution in [0.2, 0.25) is 0 Å². The van der Waals surface area contributed by atoms with Crippen molar-refractivity contribution >= 4 is 35.6 Å². The molecular weight excluding hydrogens is 413 g/mol. The summed E-state index contributed by atoms with van der Waals surface area (Å²) in [4.78, 5) is 4.40. The maximum atomic E-state index is 5.96. The van der Waals surface area contributed by atoms with Gasteiger partial charge in [-0.25, -0.2) is 4.99 Å². The van der Waals surface area contributed by atoms with Crippen molar-refractivity contribution in [3.63, 3.8) is 0 Å². The highest BCUT2D eigenvalue weighted by atomic mass is 127. The van der Waals surface area contributed by atoms with Crippen LogP contribution in [0.3, 0.4) is 0 Å². The maximum absolute atomic E-state index is 5.96. The van der Waals surface area contributed by atoms with Gasteiger partial charge in [0.25, 0.3) is 0 Å². The van der Waals surface area contributed by atoms with E-state index in [9.17, 15) is 0 Å². The number of ether oxygens (including phenoxy) is 1. The largest absolute Gasteiger partial charge is 0.491 e. The van der Waals surface area contributed by atoms with Crippen LogP contribution in [0, 0.1) is 13.8 Å². The van der Waals surface area contributed by atoms with Gasteiger partial charge in [-0.3, -0.25) is 0 Å². The maximum Gasteiger partial charge on any atom is 0.193 e. The lowest BCUT2D eigenvalue weighted by Gasteiger charge is -2.11. The van der Waals surface area contributed by atoms with Gasteiger partial charge in [0.15, 0.2) is 5.96 Å². The Kier molecular flexibility index (Phi) is 8.04. The van der Waals surface area contributed by atoms with E-state index in [0.29, 0.717) is 12.5 Å². The Balaban J connectivity index is 0.00000288. The molecule has 0 aliphatic carbocycles. The SMILES string of the molecule is Cc1ccc(CN=C(N)Nc2ccc(OC(C)C)cc2)c(C)c1.I. The second-order valence-electron chi connectivity index (χ2n) is 5.95. The fourth-order valence-corrected chi connectivity index (χ4v) is 2.27. The lowest BCUT2D eigenvalue weighted by Crippen LogP contribution is -2.22. The summed E-state index contributed by atoms with van der Waals surface area (Å²) in [5.41, 5.74) is 10.5. The summed E-state index contributed by atoms with van der Waals surface area (Å²) >= 11 is 0. The van der Waals surface area contributed by atoms with Crippen molar-refractivity contribution in [2.75, 3.05) is 5.32 Å². The minimum absolute atomic E-state index is 0. The first-order valence-electron chi connectivity index (χ1n) is 7.84. The lowest BCUT2D eigenvalue weighted by atomic mass is 10.1. The first kappa shape index (κ1) is 20.3. The summed E-state index contributed by atoms with van der Waals surface area (Å²) in [5, 5.41) is 3.10. The molecule has 2 aromatic carbocycles. The third kappa shape index (κ3) is 6.39. The van der Waals surface area contributed by atoms with E-state index in [0.717, 1.165) is 11.4 Å². The zero-order valence-electron chi connectivity index (χ0n) is 14.7. The second-order valence-corrected chi connectivity index (χ2v) is 5.95.